The molecular weight excluding hydrogens is 308 g/mol. The summed E-state index contributed by atoms with van der Waals surface area (Å²) in [7, 11) is 0. The zero-order valence-electron chi connectivity index (χ0n) is 13.0. The summed E-state index contributed by atoms with van der Waals surface area (Å²) in [6.45, 7) is 5.48. The van der Waals surface area contributed by atoms with Crippen molar-refractivity contribution in [3.05, 3.63) is 53.4 Å². The standard InChI is InChI=1S/C18H20N2O2S/c1-2-16(21)19-13-18(8-10-22-11-9-18)17-20-15(12-23-17)14-6-4-3-5-7-14/h2-7,12H,1,8-11,13H2,(H,19,21). The van der Waals surface area contributed by atoms with Crippen LogP contribution in [0.25, 0.3) is 11.3 Å². The van der Waals surface area contributed by atoms with Gasteiger partial charge in [-0.25, -0.2) is 4.98 Å². The molecular formula is C18H20N2O2S. The van der Waals surface area contributed by atoms with Crippen molar-refractivity contribution in [3.63, 3.8) is 0 Å². The molecule has 1 saturated heterocycles. The summed E-state index contributed by atoms with van der Waals surface area (Å²) in [5.74, 6) is -0.143. The second kappa shape index (κ2) is 7.06. The van der Waals surface area contributed by atoms with Gasteiger partial charge in [0.15, 0.2) is 0 Å². The zero-order valence-corrected chi connectivity index (χ0v) is 13.8. The Labute approximate surface area is 140 Å². The summed E-state index contributed by atoms with van der Waals surface area (Å²) < 4.78 is 5.51. The molecule has 1 aromatic carbocycles. The molecule has 0 saturated carbocycles. The first-order chi connectivity index (χ1) is 11.2. The van der Waals surface area contributed by atoms with Crippen molar-refractivity contribution in [3.8, 4) is 11.3 Å². The second-order valence-corrected chi connectivity index (χ2v) is 6.58. The molecule has 0 unspecified atom stereocenters. The Morgan fingerprint density at radius 1 is 1.35 bits per heavy atom. The first-order valence-corrected chi connectivity index (χ1v) is 8.61. The molecule has 0 aliphatic carbocycles. The molecule has 1 fully saturated rings. The minimum Gasteiger partial charge on any atom is -0.381 e. The molecule has 4 nitrogen and oxygen atoms in total. The third-order valence-corrected chi connectivity index (χ3v) is 5.35. The monoisotopic (exact) mass is 328 g/mol. The molecule has 5 heteroatoms. The Morgan fingerprint density at radius 3 is 2.78 bits per heavy atom. The fraction of sp³-hybridized carbons (Fsp3) is 0.333. The van der Waals surface area contributed by atoms with Crippen LogP contribution in [0.2, 0.25) is 0 Å². The maximum atomic E-state index is 11.6. The van der Waals surface area contributed by atoms with Crippen LogP contribution in [0.5, 0.6) is 0 Å². The topological polar surface area (TPSA) is 51.2 Å². The van der Waals surface area contributed by atoms with Gasteiger partial charge in [-0.15, -0.1) is 11.3 Å². The lowest BCUT2D eigenvalue weighted by Crippen LogP contribution is -2.44. The van der Waals surface area contributed by atoms with Gasteiger partial charge in [-0.05, 0) is 18.9 Å². The first-order valence-electron chi connectivity index (χ1n) is 7.73. The van der Waals surface area contributed by atoms with E-state index >= 15 is 0 Å². The minimum absolute atomic E-state index is 0.143. The summed E-state index contributed by atoms with van der Waals surface area (Å²) >= 11 is 1.67. The average Bonchev–Trinajstić information content (AvgIpc) is 3.12. The highest BCUT2D eigenvalue weighted by Gasteiger charge is 2.37. The summed E-state index contributed by atoms with van der Waals surface area (Å²) in [5, 5.41) is 6.11. The highest BCUT2D eigenvalue weighted by molar-refractivity contribution is 7.10. The number of carbonyl (C=O) groups excluding carboxylic acids is 1. The van der Waals surface area contributed by atoms with E-state index in [1.807, 2.05) is 18.2 Å². The predicted molar refractivity (Wildman–Crippen MR) is 92.5 cm³/mol. The Hall–Kier alpha value is -1.98. The molecule has 23 heavy (non-hydrogen) atoms. The third-order valence-electron chi connectivity index (χ3n) is 4.26. The van der Waals surface area contributed by atoms with E-state index in [0.29, 0.717) is 19.8 Å². The Morgan fingerprint density at radius 2 is 2.09 bits per heavy atom. The quantitative estimate of drug-likeness (QED) is 0.858. The molecule has 2 heterocycles. The Bertz CT molecular complexity index is 675. The van der Waals surface area contributed by atoms with E-state index in [1.165, 1.54) is 6.08 Å². The minimum atomic E-state index is -0.144. The van der Waals surface area contributed by atoms with Crippen LogP contribution in [-0.2, 0) is 14.9 Å². The smallest absolute Gasteiger partial charge is 0.243 e. The number of nitrogens with one attached hydrogen (secondary N) is 1. The van der Waals surface area contributed by atoms with E-state index in [1.54, 1.807) is 11.3 Å². The van der Waals surface area contributed by atoms with E-state index < -0.39 is 0 Å². The summed E-state index contributed by atoms with van der Waals surface area (Å²) in [4.78, 5) is 16.4. The van der Waals surface area contributed by atoms with Gasteiger partial charge in [0.25, 0.3) is 0 Å². The number of amides is 1. The van der Waals surface area contributed by atoms with Crippen LogP contribution < -0.4 is 5.32 Å². The third kappa shape index (κ3) is 3.51. The molecule has 1 aliphatic heterocycles. The lowest BCUT2D eigenvalue weighted by Gasteiger charge is -2.35. The van der Waals surface area contributed by atoms with Gasteiger partial charge >= 0.3 is 0 Å². The highest BCUT2D eigenvalue weighted by atomic mass is 32.1. The van der Waals surface area contributed by atoms with Gasteiger partial charge in [-0.1, -0.05) is 36.9 Å². The number of ether oxygens (including phenoxy) is 1. The summed E-state index contributed by atoms with van der Waals surface area (Å²) in [6, 6.07) is 10.2. The number of aromatic nitrogens is 1. The number of nitrogens with zero attached hydrogens (tertiary/aromatic N) is 1. The van der Waals surface area contributed by atoms with Crippen molar-refractivity contribution in [2.75, 3.05) is 19.8 Å². The first kappa shape index (κ1) is 15.9. The molecule has 1 N–H and O–H groups in total. The maximum Gasteiger partial charge on any atom is 0.243 e. The van der Waals surface area contributed by atoms with Gasteiger partial charge in [0, 0.05) is 36.1 Å². The average molecular weight is 328 g/mol. The van der Waals surface area contributed by atoms with E-state index in [-0.39, 0.29) is 11.3 Å². The number of rotatable bonds is 5. The number of benzene rings is 1. The molecule has 0 radical (unpaired) electrons. The SMILES string of the molecule is C=CC(=O)NCC1(c2nc(-c3ccccc3)cs2)CCOCC1. The van der Waals surface area contributed by atoms with E-state index in [9.17, 15) is 4.79 Å². The molecule has 1 aliphatic rings. The van der Waals surface area contributed by atoms with Gasteiger partial charge in [0.05, 0.1) is 5.69 Å². The lowest BCUT2D eigenvalue weighted by molar-refractivity contribution is -0.117. The second-order valence-electron chi connectivity index (χ2n) is 5.72. The molecule has 0 bridgehead atoms. The van der Waals surface area contributed by atoms with Crippen molar-refractivity contribution < 1.29 is 9.53 Å². The van der Waals surface area contributed by atoms with Crippen molar-refractivity contribution >= 4 is 17.2 Å². The van der Waals surface area contributed by atoms with Gasteiger partial charge in [-0.2, -0.15) is 0 Å². The van der Waals surface area contributed by atoms with Crippen LogP contribution in [0, 0.1) is 0 Å². The van der Waals surface area contributed by atoms with Crippen LogP contribution in [0.15, 0.2) is 48.4 Å². The van der Waals surface area contributed by atoms with Gasteiger partial charge < -0.3 is 10.1 Å². The van der Waals surface area contributed by atoms with Crippen molar-refractivity contribution in [1.29, 1.82) is 0 Å². The molecule has 3 rings (SSSR count). The number of carbonyl (C=O) groups is 1. The molecule has 1 amide bonds. The molecule has 1 aromatic heterocycles. The van der Waals surface area contributed by atoms with Crippen LogP contribution in [0.3, 0.4) is 0 Å². The summed E-state index contributed by atoms with van der Waals surface area (Å²) in [6.07, 6.45) is 3.04. The van der Waals surface area contributed by atoms with Crippen molar-refractivity contribution in [2.45, 2.75) is 18.3 Å². The number of hydrogen-bond donors (Lipinski definition) is 1. The fourth-order valence-electron chi connectivity index (χ4n) is 2.82. The van der Waals surface area contributed by atoms with Gasteiger partial charge in [-0.3, -0.25) is 4.79 Å². The molecule has 120 valence electrons. The zero-order chi connectivity index (χ0) is 16.1. The van der Waals surface area contributed by atoms with Gasteiger partial charge in [0.1, 0.15) is 5.01 Å². The molecule has 0 spiro atoms. The largest absolute Gasteiger partial charge is 0.381 e. The Balaban J connectivity index is 1.86. The number of thiazole rings is 1. The molecule has 2 aromatic rings. The van der Waals surface area contributed by atoms with E-state index in [0.717, 1.165) is 29.1 Å². The lowest BCUT2D eigenvalue weighted by atomic mass is 9.80. The predicted octanol–water partition coefficient (Wildman–Crippen LogP) is 3.16. The highest BCUT2D eigenvalue weighted by Crippen LogP contribution is 2.37. The molecule has 0 atom stereocenters. The van der Waals surface area contributed by atoms with Crippen molar-refractivity contribution in [2.24, 2.45) is 0 Å². The van der Waals surface area contributed by atoms with Crippen molar-refractivity contribution in [1.82, 2.24) is 10.3 Å². The normalized spacial score (nSPS) is 16.7. The fourth-order valence-corrected chi connectivity index (χ4v) is 3.91. The van der Waals surface area contributed by atoms with Crippen LogP contribution in [-0.4, -0.2) is 30.6 Å². The van der Waals surface area contributed by atoms with E-state index in [4.69, 9.17) is 9.72 Å². The maximum absolute atomic E-state index is 11.6. The number of hydrogen-bond acceptors (Lipinski definition) is 4. The van der Waals surface area contributed by atoms with Crippen LogP contribution >= 0.6 is 11.3 Å². The van der Waals surface area contributed by atoms with Crippen LogP contribution in [0.1, 0.15) is 17.8 Å². The Kier molecular flexibility index (Phi) is 4.88. The van der Waals surface area contributed by atoms with E-state index in [2.05, 4.69) is 29.4 Å². The van der Waals surface area contributed by atoms with Gasteiger partial charge in [0.2, 0.25) is 5.91 Å². The van der Waals surface area contributed by atoms with Crippen LogP contribution in [0.4, 0.5) is 0 Å². The summed E-state index contributed by atoms with van der Waals surface area (Å²) in [5.41, 5.74) is 1.97.